The van der Waals surface area contributed by atoms with Gasteiger partial charge in [-0.2, -0.15) is 0 Å². The van der Waals surface area contributed by atoms with Crippen LogP contribution in [0.5, 0.6) is 17.2 Å². The molecule has 1 N–H and O–H groups in total. The summed E-state index contributed by atoms with van der Waals surface area (Å²) in [5.41, 5.74) is 3.58. The number of aromatic nitrogens is 2. The predicted molar refractivity (Wildman–Crippen MR) is 123 cm³/mol. The molecule has 0 atom stereocenters. The number of ether oxygens (including phenoxy) is 3. The second-order valence-electron chi connectivity index (χ2n) is 6.52. The Morgan fingerprint density at radius 3 is 2.53 bits per heavy atom. The predicted octanol–water partition coefficient (Wildman–Crippen LogP) is 4.97. The van der Waals surface area contributed by atoms with Crippen LogP contribution in [0, 0.1) is 0 Å². The van der Waals surface area contributed by atoms with Crippen LogP contribution in [0.1, 0.15) is 0 Å². The number of thiocarbonyl (C=S) groups is 1. The number of nitrogens with zero attached hydrogens (tertiary/aromatic N) is 2. The van der Waals surface area contributed by atoms with E-state index in [1.165, 1.54) is 0 Å². The van der Waals surface area contributed by atoms with Crippen LogP contribution in [0.3, 0.4) is 0 Å². The number of methoxy groups -OCH3 is 3. The zero-order chi connectivity index (χ0) is 21.1. The molecule has 6 nitrogen and oxygen atoms in total. The SMILES string of the molecule is COc1cccc(NC(=S)n2cc(-c3ccc(OC)c(OC)c3)c3cccnc32)c1. The van der Waals surface area contributed by atoms with Gasteiger partial charge in [-0.05, 0) is 54.2 Å². The van der Waals surface area contributed by atoms with Crippen LogP contribution in [0.25, 0.3) is 22.2 Å². The molecule has 0 aliphatic carbocycles. The van der Waals surface area contributed by atoms with Gasteiger partial charge in [0, 0.05) is 35.1 Å². The third-order valence-corrected chi connectivity index (χ3v) is 5.10. The Morgan fingerprint density at radius 1 is 0.933 bits per heavy atom. The molecule has 2 heterocycles. The van der Waals surface area contributed by atoms with Crippen molar-refractivity contribution in [1.82, 2.24) is 9.55 Å². The normalized spacial score (nSPS) is 10.6. The van der Waals surface area contributed by atoms with Gasteiger partial charge >= 0.3 is 0 Å². The molecule has 2 aromatic carbocycles. The first-order chi connectivity index (χ1) is 14.6. The largest absolute Gasteiger partial charge is 0.497 e. The minimum Gasteiger partial charge on any atom is -0.497 e. The molecule has 0 saturated carbocycles. The summed E-state index contributed by atoms with van der Waals surface area (Å²) in [7, 11) is 4.88. The standard InChI is InChI=1S/C23H21N3O3S/c1-27-17-7-4-6-16(13-17)25-23(30)26-14-19(18-8-5-11-24-22(18)26)15-9-10-20(28-2)21(12-15)29-3/h4-14H,1-3H3,(H,25,30). The van der Waals surface area contributed by atoms with Gasteiger partial charge in [-0.15, -0.1) is 0 Å². The number of benzene rings is 2. The van der Waals surface area contributed by atoms with Gasteiger partial charge in [-0.3, -0.25) is 4.57 Å². The van der Waals surface area contributed by atoms with E-state index < -0.39 is 0 Å². The van der Waals surface area contributed by atoms with Gasteiger partial charge in [0.15, 0.2) is 16.6 Å². The molecular formula is C23H21N3O3S. The Hall–Kier alpha value is -3.58. The van der Waals surface area contributed by atoms with E-state index in [1.807, 2.05) is 65.4 Å². The van der Waals surface area contributed by atoms with Crippen LogP contribution in [-0.2, 0) is 0 Å². The minimum absolute atomic E-state index is 0.513. The van der Waals surface area contributed by atoms with Crippen molar-refractivity contribution in [3.63, 3.8) is 0 Å². The van der Waals surface area contributed by atoms with Gasteiger partial charge in [0.1, 0.15) is 11.4 Å². The molecule has 152 valence electrons. The summed E-state index contributed by atoms with van der Waals surface area (Å²) in [6, 6.07) is 17.4. The Labute approximate surface area is 180 Å². The van der Waals surface area contributed by atoms with E-state index in [0.29, 0.717) is 16.6 Å². The number of nitrogens with one attached hydrogen (secondary N) is 1. The monoisotopic (exact) mass is 419 g/mol. The summed E-state index contributed by atoms with van der Waals surface area (Å²) in [5.74, 6) is 2.10. The molecule has 0 unspecified atom stereocenters. The van der Waals surface area contributed by atoms with Crippen molar-refractivity contribution in [3.05, 3.63) is 67.0 Å². The van der Waals surface area contributed by atoms with Crippen molar-refractivity contribution >= 4 is 34.1 Å². The smallest absolute Gasteiger partial charge is 0.183 e. The molecule has 0 radical (unpaired) electrons. The highest BCUT2D eigenvalue weighted by Crippen LogP contribution is 2.36. The van der Waals surface area contributed by atoms with Crippen molar-refractivity contribution < 1.29 is 14.2 Å². The Balaban J connectivity index is 1.76. The van der Waals surface area contributed by atoms with Gasteiger partial charge in [-0.1, -0.05) is 12.1 Å². The van der Waals surface area contributed by atoms with E-state index in [2.05, 4.69) is 10.3 Å². The van der Waals surface area contributed by atoms with E-state index in [4.69, 9.17) is 26.4 Å². The molecule has 0 bridgehead atoms. The van der Waals surface area contributed by atoms with Gasteiger partial charge in [0.25, 0.3) is 0 Å². The van der Waals surface area contributed by atoms with Crippen molar-refractivity contribution in [2.24, 2.45) is 0 Å². The summed E-state index contributed by atoms with van der Waals surface area (Å²) in [4.78, 5) is 4.55. The second kappa shape index (κ2) is 8.42. The molecule has 0 fully saturated rings. The summed E-state index contributed by atoms with van der Waals surface area (Å²) in [5, 5.41) is 4.76. The maximum atomic E-state index is 5.69. The summed E-state index contributed by atoms with van der Waals surface area (Å²) in [6.07, 6.45) is 3.74. The van der Waals surface area contributed by atoms with E-state index >= 15 is 0 Å². The summed E-state index contributed by atoms with van der Waals surface area (Å²) in [6.45, 7) is 0. The molecule has 0 aliphatic rings. The number of hydrogen-bond acceptors (Lipinski definition) is 5. The first-order valence-corrected chi connectivity index (χ1v) is 9.69. The van der Waals surface area contributed by atoms with Crippen LogP contribution >= 0.6 is 12.2 Å². The van der Waals surface area contributed by atoms with Crippen LogP contribution in [0.15, 0.2) is 67.0 Å². The number of fused-ring (bicyclic) bond motifs is 1. The molecule has 2 aromatic heterocycles. The average molecular weight is 420 g/mol. The second-order valence-corrected chi connectivity index (χ2v) is 6.91. The fourth-order valence-electron chi connectivity index (χ4n) is 3.33. The quantitative estimate of drug-likeness (QED) is 0.461. The van der Waals surface area contributed by atoms with E-state index in [0.717, 1.165) is 33.6 Å². The number of anilines is 1. The van der Waals surface area contributed by atoms with Crippen molar-refractivity contribution in [2.75, 3.05) is 26.6 Å². The Bertz CT molecular complexity index is 1220. The molecule has 4 rings (SSSR count). The fraction of sp³-hybridized carbons (Fsp3) is 0.130. The lowest BCUT2D eigenvalue weighted by atomic mass is 10.1. The Kier molecular flexibility index (Phi) is 5.54. The number of pyridine rings is 1. The lowest BCUT2D eigenvalue weighted by Crippen LogP contribution is -2.18. The van der Waals surface area contributed by atoms with E-state index in [-0.39, 0.29) is 0 Å². The van der Waals surface area contributed by atoms with Gasteiger partial charge < -0.3 is 19.5 Å². The van der Waals surface area contributed by atoms with Crippen LogP contribution < -0.4 is 19.5 Å². The van der Waals surface area contributed by atoms with Crippen molar-refractivity contribution in [2.45, 2.75) is 0 Å². The fourth-order valence-corrected chi connectivity index (χ4v) is 3.59. The number of rotatable bonds is 5. The molecule has 0 saturated heterocycles. The van der Waals surface area contributed by atoms with E-state index in [9.17, 15) is 0 Å². The van der Waals surface area contributed by atoms with Crippen LogP contribution in [0.2, 0.25) is 0 Å². The number of hydrogen-bond donors (Lipinski definition) is 1. The third kappa shape index (κ3) is 3.67. The molecule has 0 amide bonds. The topological polar surface area (TPSA) is 57.5 Å². The molecule has 30 heavy (non-hydrogen) atoms. The highest BCUT2D eigenvalue weighted by atomic mass is 32.1. The highest BCUT2D eigenvalue weighted by Gasteiger charge is 2.16. The van der Waals surface area contributed by atoms with Crippen molar-refractivity contribution in [1.29, 1.82) is 0 Å². The lowest BCUT2D eigenvalue weighted by Gasteiger charge is -2.11. The Morgan fingerprint density at radius 2 is 1.77 bits per heavy atom. The first-order valence-electron chi connectivity index (χ1n) is 9.28. The third-order valence-electron chi connectivity index (χ3n) is 4.80. The minimum atomic E-state index is 0.513. The van der Waals surface area contributed by atoms with Gasteiger partial charge in [-0.25, -0.2) is 4.98 Å². The molecule has 0 spiro atoms. The zero-order valence-electron chi connectivity index (χ0n) is 16.9. The molecule has 0 aliphatic heterocycles. The van der Waals surface area contributed by atoms with E-state index in [1.54, 1.807) is 27.5 Å². The summed E-state index contributed by atoms with van der Waals surface area (Å²) >= 11 is 5.69. The molecule has 7 heteroatoms. The van der Waals surface area contributed by atoms with Crippen LogP contribution in [-0.4, -0.2) is 36.0 Å². The average Bonchev–Trinajstić information content (AvgIpc) is 3.18. The maximum Gasteiger partial charge on any atom is 0.183 e. The first kappa shape index (κ1) is 19.7. The lowest BCUT2D eigenvalue weighted by molar-refractivity contribution is 0.355. The summed E-state index contributed by atoms with van der Waals surface area (Å²) < 4.78 is 18.0. The molecular weight excluding hydrogens is 398 g/mol. The van der Waals surface area contributed by atoms with Gasteiger partial charge in [0.05, 0.1) is 21.3 Å². The van der Waals surface area contributed by atoms with Gasteiger partial charge in [0.2, 0.25) is 0 Å². The maximum absolute atomic E-state index is 5.69. The highest BCUT2D eigenvalue weighted by molar-refractivity contribution is 7.80. The van der Waals surface area contributed by atoms with Crippen molar-refractivity contribution in [3.8, 4) is 28.4 Å². The van der Waals surface area contributed by atoms with Crippen LogP contribution in [0.4, 0.5) is 5.69 Å². The zero-order valence-corrected chi connectivity index (χ0v) is 17.7. The molecule has 4 aromatic rings.